The molecule has 29 heavy (non-hydrogen) atoms. The number of amides is 1. The van der Waals surface area contributed by atoms with Gasteiger partial charge in [0, 0.05) is 5.69 Å². The van der Waals surface area contributed by atoms with E-state index in [2.05, 4.69) is 57.6 Å². The number of carbonyl (C=O) groups is 1. The van der Waals surface area contributed by atoms with Gasteiger partial charge in [0.2, 0.25) is 0 Å². The van der Waals surface area contributed by atoms with Gasteiger partial charge in [0.15, 0.2) is 6.61 Å². The minimum absolute atomic E-state index is 0.0135. The van der Waals surface area contributed by atoms with Crippen molar-refractivity contribution < 1.29 is 9.53 Å². The molecule has 1 aromatic carbocycles. The Morgan fingerprint density at radius 3 is 2.34 bits per heavy atom. The summed E-state index contributed by atoms with van der Waals surface area (Å²) in [4.78, 5) is 42.3. The third kappa shape index (κ3) is 4.44. The predicted molar refractivity (Wildman–Crippen MR) is 111 cm³/mol. The number of hydrogen-bond acceptors (Lipinski definition) is 4. The van der Waals surface area contributed by atoms with Crippen LogP contribution in [0.25, 0.3) is 0 Å². The van der Waals surface area contributed by atoms with Crippen molar-refractivity contribution in [2.24, 2.45) is 0 Å². The summed E-state index contributed by atoms with van der Waals surface area (Å²) in [5.74, 6) is 0.447. The molecular formula is C22H29N3O4. The van der Waals surface area contributed by atoms with E-state index >= 15 is 0 Å². The van der Waals surface area contributed by atoms with Gasteiger partial charge >= 0.3 is 5.69 Å². The van der Waals surface area contributed by atoms with Crippen LogP contribution < -0.4 is 16.0 Å². The van der Waals surface area contributed by atoms with E-state index in [0.29, 0.717) is 17.0 Å². The minimum Gasteiger partial charge on any atom is -0.483 e. The highest BCUT2D eigenvalue weighted by molar-refractivity contribution is 5.78. The van der Waals surface area contributed by atoms with Gasteiger partial charge in [0.05, 0.1) is 18.7 Å². The van der Waals surface area contributed by atoms with Crippen LogP contribution in [-0.4, -0.2) is 27.4 Å². The summed E-state index contributed by atoms with van der Waals surface area (Å²) in [5.41, 5.74) is 2.01. The van der Waals surface area contributed by atoms with Gasteiger partial charge in [0.1, 0.15) is 5.75 Å². The number of rotatable bonds is 3. The number of aromatic amines is 2. The van der Waals surface area contributed by atoms with Gasteiger partial charge in [-0.1, -0.05) is 53.7 Å². The van der Waals surface area contributed by atoms with Crippen LogP contribution in [0.1, 0.15) is 63.9 Å². The number of carbonyl (C=O) groups excluding carboxylic acids is 1. The van der Waals surface area contributed by atoms with E-state index in [1.54, 1.807) is 0 Å². The first-order valence-electron chi connectivity index (χ1n) is 9.76. The van der Waals surface area contributed by atoms with Gasteiger partial charge in [-0.15, -0.1) is 0 Å². The summed E-state index contributed by atoms with van der Waals surface area (Å²) in [6.45, 7) is 13.1. The summed E-state index contributed by atoms with van der Waals surface area (Å²) in [6, 6.07) is 6.11. The first kappa shape index (κ1) is 20.9. The highest BCUT2D eigenvalue weighted by Gasteiger charge is 2.28. The normalized spacial score (nSPS) is 14.1. The standard InChI is InChI=1S/C22H29N3O4/c1-21(2,3)13-7-8-17(15(9-13)22(4,5)6)29-12-18(26)25-10-14-16(11-25)23-20(28)24-19(14)27/h7-9H,10-12H2,1-6H3,(H2,23,24,27,28). The molecule has 7 nitrogen and oxygen atoms in total. The molecule has 1 aliphatic rings. The molecule has 2 aromatic rings. The number of hydrogen-bond donors (Lipinski definition) is 2. The highest BCUT2D eigenvalue weighted by atomic mass is 16.5. The molecule has 0 saturated carbocycles. The van der Waals surface area contributed by atoms with Crippen molar-refractivity contribution in [2.45, 2.75) is 65.5 Å². The number of aromatic nitrogens is 2. The predicted octanol–water partition coefficient (Wildman–Crippen LogP) is 2.58. The maximum absolute atomic E-state index is 12.7. The maximum atomic E-state index is 12.7. The number of nitrogens with one attached hydrogen (secondary N) is 2. The van der Waals surface area contributed by atoms with Gasteiger partial charge in [0.25, 0.3) is 11.5 Å². The second-order valence-electron chi connectivity index (χ2n) is 9.61. The van der Waals surface area contributed by atoms with Crippen LogP contribution in [0.4, 0.5) is 0 Å². The van der Waals surface area contributed by atoms with Crippen LogP contribution in [0.15, 0.2) is 27.8 Å². The van der Waals surface area contributed by atoms with Crippen molar-refractivity contribution in [1.82, 2.24) is 14.9 Å². The van der Waals surface area contributed by atoms with Crippen molar-refractivity contribution in [3.63, 3.8) is 0 Å². The molecule has 1 amide bonds. The zero-order chi connectivity index (χ0) is 21.6. The first-order valence-corrected chi connectivity index (χ1v) is 9.76. The Bertz CT molecular complexity index is 1050. The Morgan fingerprint density at radius 1 is 1.03 bits per heavy atom. The molecule has 3 rings (SSSR count). The Labute approximate surface area is 170 Å². The maximum Gasteiger partial charge on any atom is 0.325 e. The largest absolute Gasteiger partial charge is 0.483 e. The smallest absolute Gasteiger partial charge is 0.325 e. The van der Waals surface area contributed by atoms with E-state index < -0.39 is 11.2 Å². The summed E-state index contributed by atoms with van der Waals surface area (Å²) < 4.78 is 5.91. The number of fused-ring (bicyclic) bond motifs is 1. The molecular weight excluding hydrogens is 370 g/mol. The molecule has 2 N–H and O–H groups in total. The van der Waals surface area contributed by atoms with E-state index in [1.807, 2.05) is 12.1 Å². The van der Waals surface area contributed by atoms with Crippen molar-refractivity contribution in [2.75, 3.05) is 6.61 Å². The van der Waals surface area contributed by atoms with Gasteiger partial charge in [-0.3, -0.25) is 14.6 Å². The van der Waals surface area contributed by atoms with Crippen molar-refractivity contribution in [3.8, 4) is 5.75 Å². The first-order chi connectivity index (χ1) is 13.4. The summed E-state index contributed by atoms with van der Waals surface area (Å²) in [6.07, 6.45) is 0. The fourth-order valence-corrected chi connectivity index (χ4v) is 3.41. The van der Waals surface area contributed by atoms with Crippen LogP contribution in [-0.2, 0) is 28.7 Å². The molecule has 0 fully saturated rings. The molecule has 1 aromatic heterocycles. The Hall–Kier alpha value is -2.83. The molecule has 0 unspecified atom stereocenters. The zero-order valence-electron chi connectivity index (χ0n) is 17.9. The molecule has 0 bridgehead atoms. The lowest BCUT2D eigenvalue weighted by molar-refractivity contribution is -0.134. The minimum atomic E-state index is -0.562. The second-order valence-corrected chi connectivity index (χ2v) is 9.61. The van der Waals surface area contributed by atoms with Gasteiger partial charge in [-0.05, 0) is 28.0 Å². The zero-order valence-corrected chi connectivity index (χ0v) is 17.9. The number of nitrogens with zero attached hydrogens (tertiary/aromatic N) is 1. The third-order valence-corrected chi connectivity index (χ3v) is 5.19. The summed E-state index contributed by atoms with van der Waals surface area (Å²) in [7, 11) is 0. The Morgan fingerprint density at radius 2 is 1.72 bits per heavy atom. The van der Waals surface area contributed by atoms with E-state index in [0.717, 1.165) is 5.56 Å². The molecule has 0 radical (unpaired) electrons. The second kappa shape index (κ2) is 7.21. The quantitative estimate of drug-likeness (QED) is 0.829. The Kier molecular flexibility index (Phi) is 5.19. The van der Waals surface area contributed by atoms with Crippen LogP contribution in [0, 0.1) is 0 Å². The van der Waals surface area contributed by atoms with Crippen LogP contribution >= 0.6 is 0 Å². The molecule has 0 saturated heterocycles. The van der Waals surface area contributed by atoms with E-state index in [-0.39, 0.29) is 36.4 Å². The van der Waals surface area contributed by atoms with Crippen molar-refractivity contribution >= 4 is 5.91 Å². The molecule has 0 aliphatic carbocycles. The van der Waals surface area contributed by atoms with Gasteiger partial charge in [-0.2, -0.15) is 0 Å². The fraction of sp³-hybridized carbons (Fsp3) is 0.500. The Balaban J connectivity index is 1.76. The summed E-state index contributed by atoms with van der Waals surface area (Å²) >= 11 is 0. The molecule has 2 heterocycles. The lowest BCUT2D eigenvalue weighted by Gasteiger charge is -2.27. The SMILES string of the molecule is CC(C)(C)c1ccc(OCC(=O)N2Cc3[nH]c(=O)[nH]c(=O)c3C2)c(C(C)(C)C)c1. The van der Waals surface area contributed by atoms with Gasteiger partial charge in [-0.25, -0.2) is 4.79 Å². The molecule has 1 aliphatic heterocycles. The number of benzene rings is 1. The molecule has 7 heteroatoms. The van der Waals surface area contributed by atoms with E-state index in [9.17, 15) is 14.4 Å². The van der Waals surface area contributed by atoms with Crippen molar-refractivity contribution in [1.29, 1.82) is 0 Å². The third-order valence-electron chi connectivity index (χ3n) is 5.19. The fourth-order valence-electron chi connectivity index (χ4n) is 3.41. The van der Waals surface area contributed by atoms with E-state index in [4.69, 9.17) is 4.74 Å². The lowest BCUT2D eigenvalue weighted by Crippen LogP contribution is -2.31. The molecule has 0 atom stereocenters. The summed E-state index contributed by atoms with van der Waals surface area (Å²) in [5, 5.41) is 0. The topological polar surface area (TPSA) is 95.3 Å². The highest BCUT2D eigenvalue weighted by Crippen LogP contribution is 2.35. The van der Waals surface area contributed by atoms with Crippen LogP contribution in [0.3, 0.4) is 0 Å². The lowest BCUT2D eigenvalue weighted by atomic mass is 9.80. The van der Waals surface area contributed by atoms with Gasteiger partial charge < -0.3 is 14.6 Å². The van der Waals surface area contributed by atoms with Crippen LogP contribution in [0.2, 0.25) is 0 Å². The van der Waals surface area contributed by atoms with E-state index in [1.165, 1.54) is 10.5 Å². The van der Waals surface area contributed by atoms with Crippen molar-refractivity contribution in [3.05, 3.63) is 61.4 Å². The van der Waals surface area contributed by atoms with Crippen LogP contribution in [0.5, 0.6) is 5.75 Å². The molecule has 156 valence electrons. The average Bonchev–Trinajstić information content (AvgIpc) is 3.02. The average molecular weight is 399 g/mol. The monoisotopic (exact) mass is 399 g/mol. The number of ether oxygens (including phenoxy) is 1. The number of H-pyrrole nitrogens is 2. The molecule has 0 spiro atoms.